The van der Waals surface area contributed by atoms with E-state index in [9.17, 15) is 27.6 Å². The van der Waals surface area contributed by atoms with E-state index in [1.165, 1.54) is 23.2 Å². The number of pyridine rings is 1. The van der Waals surface area contributed by atoms with E-state index in [0.717, 1.165) is 10.9 Å². The number of amides is 3. The van der Waals surface area contributed by atoms with Gasteiger partial charge >= 0.3 is 6.18 Å². The maximum absolute atomic E-state index is 13.4. The van der Waals surface area contributed by atoms with E-state index in [1.807, 2.05) is 0 Å². The molecule has 2 heterocycles. The number of carbonyl (C=O) groups excluding carboxylic acids is 3. The molecule has 178 valence electrons. The van der Waals surface area contributed by atoms with Crippen molar-refractivity contribution in [1.82, 2.24) is 30.3 Å². The quantitative estimate of drug-likeness (QED) is 0.510. The van der Waals surface area contributed by atoms with E-state index in [2.05, 4.69) is 20.7 Å². The third-order valence-electron chi connectivity index (χ3n) is 4.60. The predicted molar refractivity (Wildman–Crippen MR) is 115 cm³/mol. The lowest BCUT2D eigenvalue weighted by atomic mass is 10.2. The van der Waals surface area contributed by atoms with Gasteiger partial charge in [0.2, 0.25) is 0 Å². The fourth-order valence-corrected chi connectivity index (χ4v) is 2.90. The molecular formula is C22H21F3N6O3. The summed E-state index contributed by atoms with van der Waals surface area (Å²) in [6, 6.07) is 10.9. The summed E-state index contributed by atoms with van der Waals surface area (Å²) in [4.78, 5) is 41.7. The summed E-state index contributed by atoms with van der Waals surface area (Å²) >= 11 is 0. The van der Waals surface area contributed by atoms with Crippen LogP contribution in [-0.2, 0) is 6.18 Å². The molecule has 0 atom stereocenters. The molecule has 0 radical (unpaired) electrons. The summed E-state index contributed by atoms with van der Waals surface area (Å²) in [7, 11) is 3.15. The van der Waals surface area contributed by atoms with Crippen molar-refractivity contribution in [2.24, 2.45) is 0 Å². The number of aromatic nitrogens is 3. The minimum atomic E-state index is -4.83. The standard InChI is InChI=1S/C22H21F3N6O3/c1-30(2)21(34)17-9-8-14(12-28-17)19(32)26-10-11-27-20(33)16-13-31(15-6-4-3-5-7-15)29-18(16)22(23,24)25/h3-9,12-13H,10-11H2,1-2H3,(H,26,32)(H,27,33). The first kappa shape index (κ1) is 24.4. The minimum absolute atomic E-state index is 0.0445. The Morgan fingerprint density at radius 3 is 2.18 bits per heavy atom. The molecule has 0 bridgehead atoms. The number of nitrogens with one attached hydrogen (secondary N) is 2. The first-order chi connectivity index (χ1) is 16.1. The summed E-state index contributed by atoms with van der Waals surface area (Å²) < 4.78 is 41.2. The summed E-state index contributed by atoms with van der Waals surface area (Å²) in [6.07, 6.45) is -2.58. The number of para-hydroxylation sites is 1. The van der Waals surface area contributed by atoms with Gasteiger partial charge in [0, 0.05) is 39.6 Å². The summed E-state index contributed by atoms with van der Waals surface area (Å²) in [5.41, 5.74) is -1.22. The van der Waals surface area contributed by atoms with Gasteiger partial charge in [-0.3, -0.25) is 19.4 Å². The summed E-state index contributed by atoms with van der Waals surface area (Å²) in [6.45, 7) is -0.167. The number of nitrogens with zero attached hydrogens (tertiary/aromatic N) is 4. The van der Waals surface area contributed by atoms with Crippen molar-refractivity contribution >= 4 is 17.7 Å². The zero-order valence-corrected chi connectivity index (χ0v) is 18.3. The molecule has 0 aliphatic heterocycles. The largest absolute Gasteiger partial charge is 0.435 e. The van der Waals surface area contributed by atoms with Crippen molar-refractivity contribution in [3.63, 3.8) is 0 Å². The topological polar surface area (TPSA) is 109 Å². The van der Waals surface area contributed by atoms with Crippen molar-refractivity contribution in [2.45, 2.75) is 6.18 Å². The number of alkyl halides is 3. The Labute approximate surface area is 192 Å². The maximum Gasteiger partial charge on any atom is 0.435 e. The Morgan fingerprint density at radius 2 is 1.62 bits per heavy atom. The number of rotatable bonds is 7. The van der Waals surface area contributed by atoms with Gasteiger partial charge in [0.25, 0.3) is 17.7 Å². The van der Waals surface area contributed by atoms with Crippen LogP contribution in [0, 0.1) is 0 Å². The van der Waals surface area contributed by atoms with E-state index in [4.69, 9.17) is 0 Å². The molecule has 0 unspecified atom stereocenters. The maximum atomic E-state index is 13.4. The smallest absolute Gasteiger partial charge is 0.350 e. The van der Waals surface area contributed by atoms with Crippen LogP contribution in [-0.4, -0.2) is 64.6 Å². The summed E-state index contributed by atoms with van der Waals surface area (Å²) in [5.74, 6) is -1.81. The van der Waals surface area contributed by atoms with Gasteiger partial charge in [-0.05, 0) is 24.3 Å². The van der Waals surface area contributed by atoms with Crippen LogP contribution in [0.2, 0.25) is 0 Å². The van der Waals surface area contributed by atoms with E-state index >= 15 is 0 Å². The molecule has 0 spiro atoms. The van der Waals surface area contributed by atoms with Crippen LogP contribution in [0.3, 0.4) is 0 Å². The average Bonchev–Trinajstić information content (AvgIpc) is 3.28. The highest BCUT2D eigenvalue weighted by Crippen LogP contribution is 2.31. The zero-order valence-electron chi connectivity index (χ0n) is 18.3. The molecule has 3 amide bonds. The molecule has 2 aromatic heterocycles. The van der Waals surface area contributed by atoms with Gasteiger partial charge < -0.3 is 15.5 Å². The number of halogens is 3. The number of carbonyl (C=O) groups is 3. The van der Waals surface area contributed by atoms with Gasteiger partial charge in [0.05, 0.1) is 16.8 Å². The highest BCUT2D eigenvalue weighted by molar-refractivity contribution is 5.96. The fraction of sp³-hybridized carbons (Fsp3) is 0.227. The third kappa shape index (κ3) is 5.77. The fourth-order valence-electron chi connectivity index (χ4n) is 2.90. The van der Waals surface area contributed by atoms with Crippen LogP contribution in [0.15, 0.2) is 54.9 Å². The Kier molecular flexibility index (Phi) is 7.29. The number of hydrogen-bond donors (Lipinski definition) is 2. The number of hydrogen-bond acceptors (Lipinski definition) is 5. The van der Waals surface area contributed by atoms with Crippen LogP contribution in [0.1, 0.15) is 36.9 Å². The van der Waals surface area contributed by atoms with Crippen molar-refractivity contribution in [3.05, 3.63) is 77.4 Å². The normalized spacial score (nSPS) is 11.1. The molecule has 9 nitrogen and oxygen atoms in total. The molecule has 0 fully saturated rings. The molecule has 0 saturated heterocycles. The highest BCUT2D eigenvalue weighted by Gasteiger charge is 2.39. The summed E-state index contributed by atoms with van der Waals surface area (Å²) in [5, 5.41) is 8.39. The Balaban J connectivity index is 1.59. The van der Waals surface area contributed by atoms with Gasteiger partial charge in [-0.1, -0.05) is 18.2 Å². The van der Waals surface area contributed by atoms with Gasteiger partial charge in [-0.15, -0.1) is 0 Å². The SMILES string of the molecule is CN(C)C(=O)c1ccc(C(=O)NCCNC(=O)c2cn(-c3ccccc3)nc2C(F)(F)F)cn1. The molecular weight excluding hydrogens is 453 g/mol. The van der Waals surface area contributed by atoms with E-state index in [1.54, 1.807) is 44.4 Å². The molecule has 0 saturated carbocycles. The first-order valence-corrected chi connectivity index (χ1v) is 10.0. The second kappa shape index (κ2) is 10.1. The van der Waals surface area contributed by atoms with Crippen molar-refractivity contribution in [1.29, 1.82) is 0 Å². The molecule has 0 aliphatic carbocycles. The predicted octanol–water partition coefficient (Wildman–Crippen LogP) is 2.15. The highest BCUT2D eigenvalue weighted by atomic mass is 19.4. The number of benzene rings is 1. The third-order valence-corrected chi connectivity index (χ3v) is 4.60. The van der Waals surface area contributed by atoms with Crippen molar-refractivity contribution in [3.8, 4) is 5.69 Å². The van der Waals surface area contributed by atoms with E-state index in [0.29, 0.717) is 5.69 Å². The van der Waals surface area contributed by atoms with Gasteiger partial charge in [0.1, 0.15) is 5.69 Å². The molecule has 3 rings (SSSR count). The van der Waals surface area contributed by atoms with Crippen LogP contribution < -0.4 is 10.6 Å². The van der Waals surface area contributed by atoms with Crippen LogP contribution in [0.5, 0.6) is 0 Å². The molecule has 2 N–H and O–H groups in total. The Bertz CT molecular complexity index is 1170. The lowest BCUT2D eigenvalue weighted by Gasteiger charge is -2.10. The second-order valence-electron chi connectivity index (χ2n) is 7.31. The van der Waals surface area contributed by atoms with Gasteiger partial charge in [-0.25, -0.2) is 4.68 Å². The Hall–Kier alpha value is -4.22. The van der Waals surface area contributed by atoms with Gasteiger partial charge in [0.15, 0.2) is 5.69 Å². The average molecular weight is 474 g/mol. The molecule has 0 aliphatic rings. The van der Waals surface area contributed by atoms with Crippen LogP contribution >= 0.6 is 0 Å². The second-order valence-corrected chi connectivity index (χ2v) is 7.31. The van der Waals surface area contributed by atoms with E-state index in [-0.39, 0.29) is 30.3 Å². The minimum Gasteiger partial charge on any atom is -0.350 e. The molecule has 3 aromatic rings. The first-order valence-electron chi connectivity index (χ1n) is 10.0. The Morgan fingerprint density at radius 1 is 0.971 bits per heavy atom. The van der Waals surface area contributed by atoms with Crippen molar-refractivity contribution in [2.75, 3.05) is 27.2 Å². The monoisotopic (exact) mass is 474 g/mol. The lowest BCUT2D eigenvalue weighted by molar-refractivity contribution is -0.141. The lowest BCUT2D eigenvalue weighted by Crippen LogP contribution is -2.35. The molecule has 1 aromatic carbocycles. The zero-order chi connectivity index (χ0) is 24.9. The van der Waals surface area contributed by atoms with E-state index < -0.39 is 29.2 Å². The molecule has 34 heavy (non-hydrogen) atoms. The van der Waals surface area contributed by atoms with Gasteiger partial charge in [-0.2, -0.15) is 18.3 Å². The van der Waals surface area contributed by atoms with Crippen molar-refractivity contribution < 1.29 is 27.6 Å². The van der Waals surface area contributed by atoms with Crippen LogP contribution in [0.4, 0.5) is 13.2 Å². The molecule has 12 heteroatoms. The van der Waals surface area contributed by atoms with Crippen LogP contribution in [0.25, 0.3) is 5.69 Å².